The number of fused-ring (bicyclic) bond motifs is 1. The van der Waals surface area contributed by atoms with E-state index >= 15 is 0 Å². The van der Waals surface area contributed by atoms with Crippen LogP contribution in [0.25, 0.3) is 16.9 Å². The van der Waals surface area contributed by atoms with Crippen molar-refractivity contribution in [2.24, 2.45) is 0 Å². The number of aromatic amines is 1. The Labute approximate surface area is 133 Å². The summed E-state index contributed by atoms with van der Waals surface area (Å²) in [5.41, 5.74) is 2.18. The topological polar surface area (TPSA) is 65.0 Å². The highest BCUT2D eigenvalue weighted by Crippen LogP contribution is 2.29. The Kier molecular flexibility index (Phi) is 3.64. The highest BCUT2D eigenvalue weighted by atomic mass is 79.9. The van der Waals surface area contributed by atoms with Gasteiger partial charge >= 0.3 is 0 Å². The normalized spacial score (nSPS) is 10.8. The van der Waals surface area contributed by atoms with E-state index in [1.807, 2.05) is 22.8 Å². The number of halogens is 1. The summed E-state index contributed by atoms with van der Waals surface area (Å²) >= 11 is 8.85. The second kappa shape index (κ2) is 5.45. The van der Waals surface area contributed by atoms with Gasteiger partial charge in [-0.3, -0.25) is 4.57 Å². The number of ether oxygens (including phenoxy) is 2. The summed E-state index contributed by atoms with van der Waals surface area (Å²) in [6, 6.07) is 5.68. The molecule has 8 heteroatoms. The molecule has 108 valence electrons. The van der Waals surface area contributed by atoms with Crippen molar-refractivity contribution < 1.29 is 9.47 Å². The predicted octanol–water partition coefficient (Wildman–Crippen LogP) is 3.26. The number of H-pyrrole nitrogens is 1. The van der Waals surface area contributed by atoms with Crippen LogP contribution in [-0.4, -0.2) is 33.7 Å². The van der Waals surface area contributed by atoms with Crippen LogP contribution >= 0.6 is 28.1 Å². The zero-order chi connectivity index (χ0) is 15.0. The molecule has 0 saturated heterocycles. The van der Waals surface area contributed by atoms with Crippen molar-refractivity contribution in [3.05, 3.63) is 33.8 Å². The van der Waals surface area contributed by atoms with Gasteiger partial charge < -0.3 is 14.5 Å². The van der Waals surface area contributed by atoms with Gasteiger partial charge in [-0.15, -0.1) is 0 Å². The average molecular weight is 367 g/mol. The number of nitrogens with zero attached hydrogens (tertiary/aromatic N) is 3. The third-order valence-corrected chi connectivity index (χ3v) is 3.93. The van der Waals surface area contributed by atoms with Crippen LogP contribution in [0.15, 0.2) is 29.0 Å². The third kappa shape index (κ3) is 2.30. The van der Waals surface area contributed by atoms with E-state index in [4.69, 9.17) is 21.7 Å². The number of methoxy groups -OCH3 is 2. The molecule has 1 aromatic carbocycles. The first-order chi connectivity index (χ1) is 10.2. The van der Waals surface area contributed by atoms with Gasteiger partial charge in [-0.2, -0.15) is 4.98 Å². The molecule has 3 rings (SSSR count). The fourth-order valence-electron chi connectivity index (χ4n) is 2.09. The third-order valence-electron chi connectivity index (χ3n) is 3.03. The fourth-order valence-corrected chi connectivity index (χ4v) is 2.91. The Morgan fingerprint density at radius 3 is 2.71 bits per heavy atom. The molecule has 0 saturated carbocycles. The van der Waals surface area contributed by atoms with Gasteiger partial charge in [-0.05, 0) is 46.3 Å². The smallest absolute Gasteiger partial charge is 0.242 e. The molecule has 0 atom stereocenters. The number of nitrogens with one attached hydrogen (secondary N) is 1. The SMILES string of the molecule is COc1ccc(-n2c(=S)[nH]c3c(OC)ncnc32)cc1Br. The maximum Gasteiger partial charge on any atom is 0.242 e. The predicted molar refractivity (Wildman–Crippen MR) is 84.9 cm³/mol. The minimum atomic E-state index is 0.456. The first kappa shape index (κ1) is 14.0. The van der Waals surface area contributed by atoms with E-state index in [9.17, 15) is 0 Å². The van der Waals surface area contributed by atoms with E-state index in [1.165, 1.54) is 6.33 Å². The Morgan fingerprint density at radius 1 is 1.24 bits per heavy atom. The molecule has 0 radical (unpaired) electrons. The first-order valence-electron chi connectivity index (χ1n) is 5.99. The highest BCUT2D eigenvalue weighted by molar-refractivity contribution is 9.10. The molecule has 2 heterocycles. The van der Waals surface area contributed by atoms with Gasteiger partial charge in [-0.1, -0.05) is 0 Å². The maximum absolute atomic E-state index is 5.38. The molecule has 6 nitrogen and oxygen atoms in total. The zero-order valence-corrected chi connectivity index (χ0v) is 13.7. The Balaban J connectivity index is 2.28. The number of rotatable bonds is 3. The molecular weight excluding hydrogens is 356 g/mol. The van der Waals surface area contributed by atoms with Crippen LogP contribution < -0.4 is 9.47 Å². The number of hydrogen-bond donors (Lipinski definition) is 1. The summed E-state index contributed by atoms with van der Waals surface area (Å²) in [7, 11) is 3.18. The molecule has 0 spiro atoms. The molecular formula is C13H11BrN4O2S. The summed E-state index contributed by atoms with van der Waals surface area (Å²) in [5, 5.41) is 0. The molecule has 0 aliphatic carbocycles. The van der Waals surface area contributed by atoms with E-state index in [0.717, 1.165) is 15.9 Å². The number of benzene rings is 1. The van der Waals surface area contributed by atoms with Gasteiger partial charge in [0.05, 0.1) is 24.4 Å². The molecule has 1 N–H and O–H groups in total. The Hall–Kier alpha value is -1.93. The monoisotopic (exact) mass is 366 g/mol. The van der Waals surface area contributed by atoms with Crippen LogP contribution in [0.2, 0.25) is 0 Å². The quantitative estimate of drug-likeness (QED) is 0.720. The lowest BCUT2D eigenvalue weighted by Crippen LogP contribution is -1.97. The van der Waals surface area contributed by atoms with E-state index < -0.39 is 0 Å². The van der Waals surface area contributed by atoms with Gasteiger partial charge in [-0.25, -0.2) is 4.98 Å². The molecule has 0 fully saturated rings. The maximum atomic E-state index is 5.38. The molecule has 0 aliphatic heterocycles. The molecule has 21 heavy (non-hydrogen) atoms. The van der Waals surface area contributed by atoms with E-state index in [2.05, 4.69) is 30.9 Å². The minimum Gasteiger partial charge on any atom is -0.496 e. The van der Waals surface area contributed by atoms with Crippen LogP contribution in [0, 0.1) is 4.77 Å². The van der Waals surface area contributed by atoms with Crippen molar-refractivity contribution in [1.29, 1.82) is 0 Å². The number of aromatic nitrogens is 4. The van der Waals surface area contributed by atoms with Crippen LogP contribution in [-0.2, 0) is 0 Å². The standard InChI is InChI=1S/C13H11BrN4O2S/c1-19-9-4-3-7(5-8(9)14)18-11-10(17-13(18)21)12(20-2)16-6-15-11/h3-6H,1-2H3,(H,17,21). The molecule has 0 aliphatic rings. The van der Waals surface area contributed by atoms with Gasteiger partial charge in [0.1, 0.15) is 17.6 Å². The van der Waals surface area contributed by atoms with Crippen molar-refractivity contribution in [3.8, 4) is 17.3 Å². The second-order valence-corrected chi connectivity index (χ2v) is 5.41. The summed E-state index contributed by atoms with van der Waals surface area (Å²) in [5.74, 6) is 1.20. The Bertz CT molecular complexity index is 874. The molecule has 2 aromatic heterocycles. The van der Waals surface area contributed by atoms with E-state index in [1.54, 1.807) is 14.2 Å². The fraction of sp³-hybridized carbons (Fsp3) is 0.154. The molecule has 0 unspecified atom stereocenters. The van der Waals surface area contributed by atoms with Crippen molar-refractivity contribution in [2.45, 2.75) is 0 Å². The minimum absolute atomic E-state index is 0.456. The summed E-state index contributed by atoms with van der Waals surface area (Å²) in [6.45, 7) is 0. The zero-order valence-electron chi connectivity index (χ0n) is 11.3. The van der Waals surface area contributed by atoms with Gasteiger partial charge in [0.2, 0.25) is 5.88 Å². The van der Waals surface area contributed by atoms with Crippen molar-refractivity contribution >= 4 is 39.3 Å². The van der Waals surface area contributed by atoms with Crippen molar-refractivity contribution in [3.63, 3.8) is 0 Å². The molecule has 3 aromatic rings. The van der Waals surface area contributed by atoms with Crippen LogP contribution in [0.1, 0.15) is 0 Å². The van der Waals surface area contributed by atoms with Gasteiger partial charge in [0.25, 0.3) is 0 Å². The molecule has 0 bridgehead atoms. The van der Waals surface area contributed by atoms with Gasteiger partial charge in [0, 0.05) is 0 Å². The summed E-state index contributed by atoms with van der Waals surface area (Å²) < 4.78 is 13.6. The molecule has 0 amide bonds. The summed E-state index contributed by atoms with van der Waals surface area (Å²) in [4.78, 5) is 11.4. The largest absolute Gasteiger partial charge is 0.496 e. The summed E-state index contributed by atoms with van der Waals surface area (Å²) in [6.07, 6.45) is 1.44. The van der Waals surface area contributed by atoms with Crippen molar-refractivity contribution in [2.75, 3.05) is 14.2 Å². The van der Waals surface area contributed by atoms with E-state index in [-0.39, 0.29) is 0 Å². The van der Waals surface area contributed by atoms with Crippen LogP contribution in [0.5, 0.6) is 11.6 Å². The number of hydrogen-bond acceptors (Lipinski definition) is 5. The van der Waals surface area contributed by atoms with Crippen LogP contribution in [0.3, 0.4) is 0 Å². The average Bonchev–Trinajstić information content (AvgIpc) is 2.82. The lowest BCUT2D eigenvalue weighted by Gasteiger charge is -2.08. The second-order valence-electron chi connectivity index (χ2n) is 4.17. The highest BCUT2D eigenvalue weighted by Gasteiger charge is 2.13. The van der Waals surface area contributed by atoms with Crippen molar-refractivity contribution in [1.82, 2.24) is 19.5 Å². The van der Waals surface area contributed by atoms with Gasteiger partial charge in [0.15, 0.2) is 10.4 Å². The number of imidazole rings is 1. The Morgan fingerprint density at radius 2 is 2.05 bits per heavy atom. The lowest BCUT2D eigenvalue weighted by atomic mass is 10.3. The van der Waals surface area contributed by atoms with E-state index in [0.29, 0.717) is 21.8 Å². The first-order valence-corrected chi connectivity index (χ1v) is 7.19. The lowest BCUT2D eigenvalue weighted by molar-refractivity contribution is 0.401. The van der Waals surface area contributed by atoms with Crippen LogP contribution in [0.4, 0.5) is 0 Å².